The minimum absolute atomic E-state index is 0.411. The Kier molecular flexibility index (Phi) is 5.52. The molecule has 4 N–H and O–H groups in total. The van der Waals surface area contributed by atoms with Crippen molar-refractivity contribution in [3.05, 3.63) is 59.7 Å². The molecule has 0 spiro atoms. The summed E-state index contributed by atoms with van der Waals surface area (Å²) in [5.74, 6) is 0.822. The van der Waals surface area contributed by atoms with Gasteiger partial charge in [-0.1, -0.05) is 36.4 Å². The van der Waals surface area contributed by atoms with Gasteiger partial charge in [0.2, 0.25) is 12.2 Å². The maximum absolute atomic E-state index is 10.4. The first kappa shape index (κ1) is 16.3. The van der Waals surface area contributed by atoms with E-state index in [1.165, 1.54) is 12.2 Å². The van der Waals surface area contributed by atoms with Crippen LogP contribution in [-0.2, 0) is 9.59 Å². The highest BCUT2D eigenvalue weighted by Gasteiger charge is 2.15. The van der Waals surface area contributed by atoms with Crippen LogP contribution in [0.3, 0.4) is 0 Å². The van der Waals surface area contributed by atoms with E-state index in [0.717, 1.165) is 0 Å². The Morgan fingerprint density at radius 1 is 0.783 bits per heavy atom. The molecule has 0 saturated carbocycles. The van der Waals surface area contributed by atoms with E-state index in [9.17, 15) is 9.59 Å². The van der Waals surface area contributed by atoms with Crippen LogP contribution in [0, 0.1) is 0 Å². The Labute approximate surface area is 132 Å². The van der Waals surface area contributed by atoms with Crippen LogP contribution >= 0.6 is 0 Å². The van der Waals surface area contributed by atoms with Crippen molar-refractivity contribution in [3.63, 3.8) is 0 Å². The molecule has 2 unspecified atom stereocenters. The fourth-order valence-electron chi connectivity index (χ4n) is 2.01. The summed E-state index contributed by atoms with van der Waals surface area (Å²) in [4.78, 5) is 27.8. The Hall–Kier alpha value is -3.08. The monoisotopic (exact) mass is 310 g/mol. The predicted octanol–water partition coefficient (Wildman–Crippen LogP) is 2.07. The SMILES string of the molecule is NC(N=C=O)c1ccccc1Oc1ccccc1C(N)N=C=O. The second-order valence-corrected chi connectivity index (χ2v) is 4.51. The van der Waals surface area contributed by atoms with Gasteiger partial charge in [-0.05, 0) is 12.1 Å². The molecule has 23 heavy (non-hydrogen) atoms. The van der Waals surface area contributed by atoms with Crippen LogP contribution in [0.2, 0.25) is 0 Å². The molecule has 116 valence electrons. The fraction of sp³-hybridized carbons (Fsp3) is 0.125. The lowest BCUT2D eigenvalue weighted by Crippen LogP contribution is -2.10. The summed E-state index contributed by atoms with van der Waals surface area (Å²) in [6.45, 7) is 0. The van der Waals surface area contributed by atoms with Crippen LogP contribution in [0.5, 0.6) is 11.5 Å². The molecule has 0 heterocycles. The molecule has 0 saturated heterocycles. The van der Waals surface area contributed by atoms with Crippen LogP contribution in [0.1, 0.15) is 23.5 Å². The summed E-state index contributed by atoms with van der Waals surface area (Å²) >= 11 is 0. The average Bonchev–Trinajstić information content (AvgIpc) is 2.56. The van der Waals surface area contributed by atoms with Gasteiger partial charge in [-0.15, -0.1) is 0 Å². The van der Waals surface area contributed by atoms with Crippen LogP contribution in [-0.4, -0.2) is 12.2 Å². The van der Waals surface area contributed by atoms with Crippen LogP contribution < -0.4 is 16.2 Å². The van der Waals surface area contributed by atoms with Gasteiger partial charge in [-0.3, -0.25) is 0 Å². The van der Waals surface area contributed by atoms with E-state index >= 15 is 0 Å². The maximum atomic E-state index is 10.4. The number of aliphatic imine (C=N–C) groups is 2. The Bertz CT molecular complexity index is 715. The van der Waals surface area contributed by atoms with Gasteiger partial charge in [-0.2, -0.15) is 9.98 Å². The van der Waals surface area contributed by atoms with Gasteiger partial charge in [-0.25, -0.2) is 9.59 Å². The minimum Gasteiger partial charge on any atom is -0.457 e. The normalized spacial score (nSPS) is 12.4. The lowest BCUT2D eigenvalue weighted by atomic mass is 10.1. The Morgan fingerprint density at radius 3 is 1.57 bits per heavy atom. The Balaban J connectivity index is 2.41. The summed E-state index contributed by atoms with van der Waals surface area (Å²) in [5, 5.41) is 0. The van der Waals surface area contributed by atoms with Crippen molar-refractivity contribution in [2.45, 2.75) is 12.3 Å². The molecule has 0 fully saturated rings. The van der Waals surface area contributed by atoms with Gasteiger partial charge in [0.1, 0.15) is 23.8 Å². The predicted molar refractivity (Wildman–Crippen MR) is 83.1 cm³/mol. The number of nitrogens with two attached hydrogens (primary N) is 2. The summed E-state index contributed by atoms with van der Waals surface area (Å²) in [5.41, 5.74) is 12.6. The third-order valence-electron chi connectivity index (χ3n) is 3.08. The van der Waals surface area contributed by atoms with Crippen molar-refractivity contribution < 1.29 is 14.3 Å². The molecule has 0 amide bonds. The number of carbonyl (C=O) groups excluding carboxylic acids is 2. The molecule has 2 rings (SSSR count). The van der Waals surface area contributed by atoms with Crippen molar-refractivity contribution in [1.29, 1.82) is 0 Å². The number of ether oxygens (including phenoxy) is 1. The highest BCUT2D eigenvalue weighted by Crippen LogP contribution is 2.33. The zero-order chi connectivity index (χ0) is 16.7. The second-order valence-electron chi connectivity index (χ2n) is 4.51. The number of hydrogen-bond acceptors (Lipinski definition) is 7. The number of rotatable bonds is 6. The van der Waals surface area contributed by atoms with Gasteiger partial charge in [0.05, 0.1) is 0 Å². The molecular formula is C16H14N4O3. The first-order valence-corrected chi connectivity index (χ1v) is 6.68. The lowest BCUT2D eigenvalue weighted by Gasteiger charge is -2.16. The number of benzene rings is 2. The molecular weight excluding hydrogens is 296 g/mol. The van der Waals surface area contributed by atoms with Crippen molar-refractivity contribution in [2.75, 3.05) is 0 Å². The average molecular weight is 310 g/mol. The number of nitrogens with zero attached hydrogens (tertiary/aromatic N) is 2. The molecule has 2 aromatic rings. The van der Waals surface area contributed by atoms with E-state index < -0.39 is 12.3 Å². The van der Waals surface area contributed by atoms with E-state index in [2.05, 4.69) is 9.98 Å². The van der Waals surface area contributed by atoms with Gasteiger partial charge < -0.3 is 16.2 Å². The molecule has 0 aromatic heterocycles. The quantitative estimate of drug-likeness (QED) is 0.625. The molecule has 7 heteroatoms. The number of isocyanates is 2. The van der Waals surface area contributed by atoms with E-state index in [4.69, 9.17) is 16.2 Å². The van der Waals surface area contributed by atoms with Crippen LogP contribution in [0.15, 0.2) is 58.5 Å². The Morgan fingerprint density at radius 2 is 1.17 bits per heavy atom. The smallest absolute Gasteiger partial charge is 0.236 e. The zero-order valence-corrected chi connectivity index (χ0v) is 12.0. The second kappa shape index (κ2) is 7.79. The summed E-state index contributed by atoms with van der Waals surface area (Å²) in [7, 11) is 0. The van der Waals surface area contributed by atoms with E-state index in [-0.39, 0.29) is 0 Å². The van der Waals surface area contributed by atoms with Crippen molar-refractivity contribution in [2.24, 2.45) is 21.5 Å². The summed E-state index contributed by atoms with van der Waals surface area (Å²) < 4.78 is 5.84. The zero-order valence-electron chi connectivity index (χ0n) is 12.0. The van der Waals surface area contributed by atoms with Gasteiger partial charge in [0.15, 0.2) is 0 Å². The largest absolute Gasteiger partial charge is 0.457 e. The summed E-state index contributed by atoms with van der Waals surface area (Å²) in [6.07, 6.45) is 1.06. The van der Waals surface area contributed by atoms with Crippen LogP contribution in [0.4, 0.5) is 0 Å². The third kappa shape index (κ3) is 3.97. The minimum atomic E-state index is -0.891. The molecule has 0 radical (unpaired) electrons. The molecule has 0 aliphatic carbocycles. The van der Waals surface area contributed by atoms with E-state index in [0.29, 0.717) is 22.6 Å². The molecule has 0 aliphatic heterocycles. The van der Waals surface area contributed by atoms with Gasteiger partial charge >= 0.3 is 0 Å². The van der Waals surface area contributed by atoms with Gasteiger partial charge in [0, 0.05) is 11.1 Å². The highest BCUT2D eigenvalue weighted by atomic mass is 16.5. The molecule has 2 atom stereocenters. The van der Waals surface area contributed by atoms with Crippen LogP contribution in [0.25, 0.3) is 0 Å². The van der Waals surface area contributed by atoms with Gasteiger partial charge in [0.25, 0.3) is 0 Å². The molecule has 0 bridgehead atoms. The van der Waals surface area contributed by atoms with Crippen molar-refractivity contribution in [3.8, 4) is 11.5 Å². The molecule has 0 aliphatic rings. The van der Waals surface area contributed by atoms with E-state index in [1.807, 2.05) is 0 Å². The topological polar surface area (TPSA) is 120 Å². The molecule has 7 nitrogen and oxygen atoms in total. The van der Waals surface area contributed by atoms with Crippen molar-refractivity contribution >= 4 is 12.2 Å². The third-order valence-corrected chi connectivity index (χ3v) is 3.08. The number of para-hydroxylation sites is 2. The van der Waals surface area contributed by atoms with E-state index in [1.54, 1.807) is 48.5 Å². The maximum Gasteiger partial charge on any atom is 0.236 e. The van der Waals surface area contributed by atoms with Crippen molar-refractivity contribution in [1.82, 2.24) is 0 Å². The summed E-state index contributed by atoms with van der Waals surface area (Å²) in [6, 6.07) is 13.7. The lowest BCUT2D eigenvalue weighted by molar-refractivity contribution is 0.460. The number of hydrogen-bond donors (Lipinski definition) is 2. The highest BCUT2D eigenvalue weighted by molar-refractivity contribution is 5.45. The fourth-order valence-corrected chi connectivity index (χ4v) is 2.01. The first-order chi connectivity index (χ1) is 11.2. The standard InChI is InChI=1S/C16H14N4O3/c17-15(19-9-21)11-5-1-3-7-13(11)23-14-8-4-2-6-12(14)16(18)20-10-22/h1-8,15-16H,17-18H2. The molecule has 2 aromatic carbocycles. The first-order valence-electron chi connectivity index (χ1n) is 6.68.